The van der Waals surface area contributed by atoms with E-state index in [2.05, 4.69) is 86.1 Å². The Labute approximate surface area is 184 Å². The van der Waals surface area contributed by atoms with Crippen molar-refractivity contribution in [2.45, 2.75) is 84.0 Å². The summed E-state index contributed by atoms with van der Waals surface area (Å²) in [5, 5.41) is 0. The fraction of sp³-hybridized carbons (Fsp3) is 0.467. The van der Waals surface area contributed by atoms with Crippen LogP contribution in [0.2, 0.25) is 0 Å². The van der Waals surface area contributed by atoms with Gasteiger partial charge in [-0.1, -0.05) is 75.3 Å². The lowest BCUT2D eigenvalue weighted by atomic mass is 9.77. The number of rotatable bonds is 6. The van der Waals surface area contributed by atoms with Crippen LogP contribution in [0.5, 0.6) is 0 Å². The molecule has 1 saturated carbocycles. The van der Waals surface area contributed by atoms with E-state index in [0.717, 1.165) is 34.9 Å². The van der Waals surface area contributed by atoms with Crippen molar-refractivity contribution in [1.82, 2.24) is 0 Å². The van der Waals surface area contributed by atoms with Gasteiger partial charge in [0.25, 0.3) is 0 Å². The van der Waals surface area contributed by atoms with E-state index in [1.54, 1.807) is 0 Å². The Hall–Kier alpha value is -2.44. The Balaban J connectivity index is 1.52. The smallest absolute Gasteiger partial charge is 0.0249 e. The Bertz CT molecular complexity index is 870. The Kier molecular flexibility index (Phi) is 9.12. The first-order chi connectivity index (χ1) is 14.8. The second-order valence-electron chi connectivity index (χ2n) is 8.71. The van der Waals surface area contributed by atoms with Gasteiger partial charge in [-0.25, -0.2) is 0 Å². The molecule has 1 aliphatic rings. The van der Waals surface area contributed by atoms with E-state index in [0.29, 0.717) is 0 Å². The van der Waals surface area contributed by atoms with E-state index in [1.807, 2.05) is 0 Å². The molecule has 0 nitrogen and oxygen atoms in total. The zero-order valence-corrected chi connectivity index (χ0v) is 18.8. The maximum absolute atomic E-state index is 3.31. The summed E-state index contributed by atoms with van der Waals surface area (Å²) in [6.45, 7) is 4.53. The van der Waals surface area contributed by atoms with E-state index >= 15 is 0 Å². The molecule has 0 heterocycles. The molecule has 1 aliphatic carbocycles. The lowest BCUT2D eigenvalue weighted by Crippen LogP contribution is -2.13. The normalized spacial score (nSPS) is 18.1. The van der Waals surface area contributed by atoms with Crippen LogP contribution in [0, 0.1) is 29.6 Å². The highest BCUT2D eigenvalue weighted by Crippen LogP contribution is 2.37. The molecule has 0 atom stereocenters. The van der Waals surface area contributed by atoms with Crippen LogP contribution in [0.4, 0.5) is 0 Å². The van der Waals surface area contributed by atoms with Gasteiger partial charge in [-0.2, -0.15) is 0 Å². The minimum absolute atomic E-state index is 0.746. The standard InChI is InChI=1S/C30H36/c1-3-5-6-7-8-10-26-11-13-27(14-12-26)15-16-28-19-23-30(24-20-28)29-21-17-25(9-4-2)18-22-29/h11-14,19-20,23-25,29H,3-7,9,17-18,21-22H2,1-2H3/t25-,29-. The third kappa shape index (κ3) is 7.11. The zero-order chi connectivity index (χ0) is 21.0. The van der Waals surface area contributed by atoms with Gasteiger partial charge in [0.15, 0.2) is 0 Å². The SMILES string of the molecule is CCCCCC#Cc1ccc(C#Cc2ccc([C@H]3CC[C@H](CCC)CC3)cc2)cc1. The van der Waals surface area contributed by atoms with Gasteiger partial charge in [-0.15, -0.1) is 0 Å². The van der Waals surface area contributed by atoms with E-state index in [4.69, 9.17) is 0 Å². The van der Waals surface area contributed by atoms with Crippen molar-refractivity contribution in [2.75, 3.05) is 0 Å². The summed E-state index contributed by atoms with van der Waals surface area (Å²) in [6.07, 6.45) is 13.0. The van der Waals surface area contributed by atoms with Crippen molar-refractivity contribution in [3.05, 3.63) is 70.8 Å². The minimum atomic E-state index is 0.746. The fourth-order valence-electron chi connectivity index (χ4n) is 4.44. The summed E-state index contributed by atoms with van der Waals surface area (Å²) >= 11 is 0. The van der Waals surface area contributed by atoms with E-state index in [1.165, 1.54) is 63.4 Å². The van der Waals surface area contributed by atoms with Crippen LogP contribution in [-0.2, 0) is 0 Å². The van der Waals surface area contributed by atoms with E-state index in [-0.39, 0.29) is 0 Å². The molecule has 0 radical (unpaired) electrons. The van der Waals surface area contributed by atoms with Crippen LogP contribution < -0.4 is 0 Å². The summed E-state index contributed by atoms with van der Waals surface area (Å²) in [7, 11) is 0. The lowest BCUT2D eigenvalue weighted by Gasteiger charge is -2.28. The van der Waals surface area contributed by atoms with Crippen molar-refractivity contribution >= 4 is 0 Å². The molecular formula is C30H36. The number of unbranched alkanes of at least 4 members (excludes halogenated alkanes) is 3. The molecule has 0 heteroatoms. The van der Waals surface area contributed by atoms with Crippen LogP contribution in [0.3, 0.4) is 0 Å². The number of hydrogen-bond acceptors (Lipinski definition) is 0. The molecular weight excluding hydrogens is 360 g/mol. The first-order valence-electron chi connectivity index (χ1n) is 12.0. The summed E-state index contributed by atoms with van der Waals surface area (Å²) in [5.74, 6) is 14.8. The second kappa shape index (κ2) is 12.3. The summed E-state index contributed by atoms with van der Waals surface area (Å²) in [5.41, 5.74) is 4.72. The van der Waals surface area contributed by atoms with Gasteiger partial charge in [0, 0.05) is 23.1 Å². The first kappa shape index (κ1) is 22.2. The molecule has 0 unspecified atom stereocenters. The summed E-state index contributed by atoms with van der Waals surface area (Å²) < 4.78 is 0. The van der Waals surface area contributed by atoms with Crippen molar-refractivity contribution in [3.8, 4) is 23.7 Å². The summed E-state index contributed by atoms with van der Waals surface area (Å²) in [4.78, 5) is 0. The highest BCUT2D eigenvalue weighted by Gasteiger charge is 2.21. The molecule has 156 valence electrons. The summed E-state index contributed by atoms with van der Waals surface area (Å²) in [6, 6.07) is 17.3. The molecule has 0 aromatic heterocycles. The van der Waals surface area contributed by atoms with Crippen LogP contribution in [0.15, 0.2) is 48.5 Å². The van der Waals surface area contributed by atoms with Crippen LogP contribution >= 0.6 is 0 Å². The maximum Gasteiger partial charge on any atom is 0.0249 e. The third-order valence-electron chi connectivity index (χ3n) is 6.30. The molecule has 0 bridgehead atoms. The Morgan fingerprint density at radius 2 is 1.23 bits per heavy atom. The average molecular weight is 397 g/mol. The molecule has 0 aliphatic heterocycles. The van der Waals surface area contributed by atoms with Gasteiger partial charge < -0.3 is 0 Å². The molecule has 3 rings (SSSR count). The molecule has 2 aromatic carbocycles. The molecule has 2 aromatic rings. The van der Waals surface area contributed by atoms with Gasteiger partial charge in [0.05, 0.1) is 0 Å². The molecule has 0 amide bonds. The van der Waals surface area contributed by atoms with Crippen molar-refractivity contribution in [1.29, 1.82) is 0 Å². The minimum Gasteiger partial charge on any atom is -0.0979 e. The van der Waals surface area contributed by atoms with E-state index < -0.39 is 0 Å². The van der Waals surface area contributed by atoms with Crippen molar-refractivity contribution < 1.29 is 0 Å². The number of hydrogen-bond donors (Lipinski definition) is 0. The second-order valence-corrected chi connectivity index (χ2v) is 8.71. The predicted molar refractivity (Wildman–Crippen MR) is 129 cm³/mol. The predicted octanol–water partition coefficient (Wildman–Crippen LogP) is 8.09. The highest BCUT2D eigenvalue weighted by atomic mass is 14.3. The quantitative estimate of drug-likeness (QED) is 0.342. The van der Waals surface area contributed by atoms with Crippen LogP contribution in [0.25, 0.3) is 0 Å². The monoisotopic (exact) mass is 396 g/mol. The molecule has 1 fully saturated rings. The van der Waals surface area contributed by atoms with Gasteiger partial charge in [-0.05, 0) is 85.9 Å². The first-order valence-corrected chi connectivity index (χ1v) is 12.0. The zero-order valence-electron chi connectivity index (χ0n) is 18.8. The fourth-order valence-corrected chi connectivity index (χ4v) is 4.44. The van der Waals surface area contributed by atoms with Crippen LogP contribution in [-0.4, -0.2) is 0 Å². The highest BCUT2D eigenvalue weighted by molar-refractivity contribution is 5.46. The van der Waals surface area contributed by atoms with Crippen molar-refractivity contribution in [3.63, 3.8) is 0 Å². The van der Waals surface area contributed by atoms with Gasteiger partial charge >= 0.3 is 0 Å². The molecule has 30 heavy (non-hydrogen) atoms. The molecule has 0 spiro atoms. The Morgan fingerprint density at radius 1 is 0.667 bits per heavy atom. The average Bonchev–Trinajstić information content (AvgIpc) is 2.79. The maximum atomic E-state index is 3.31. The third-order valence-corrected chi connectivity index (χ3v) is 6.30. The Morgan fingerprint density at radius 3 is 1.80 bits per heavy atom. The molecule has 0 N–H and O–H groups in total. The van der Waals surface area contributed by atoms with Crippen LogP contribution in [0.1, 0.15) is 106 Å². The van der Waals surface area contributed by atoms with E-state index in [9.17, 15) is 0 Å². The molecule has 0 saturated heterocycles. The van der Waals surface area contributed by atoms with Crippen molar-refractivity contribution in [2.24, 2.45) is 5.92 Å². The topological polar surface area (TPSA) is 0 Å². The largest absolute Gasteiger partial charge is 0.0979 e. The van der Waals surface area contributed by atoms with Gasteiger partial charge in [-0.3, -0.25) is 0 Å². The van der Waals surface area contributed by atoms with Gasteiger partial charge in [0.1, 0.15) is 0 Å². The lowest BCUT2D eigenvalue weighted by molar-refractivity contribution is 0.308. The number of benzene rings is 2. The van der Waals surface area contributed by atoms with Gasteiger partial charge in [0.2, 0.25) is 0 Å².